The average Bonchev–Trinajstić information content (AvgIpc) is 3.84. The SMILES string of the molecule is C=CCCC(=O)N(C)[C@@H](C)[C@@H](OC(=O)[C@@H]1[C@@H]2CC[C@]3(O2)[C@H](C(=O)N(CC=C)c2ccccc2Cl)N([C@@H](CO)Cc2ccccc2)C(=O)[C@@H]13)c1ccccc1. The predicted octanol–water partition coefficient (Wildman–Crippen LogP) is 5.93. The number of hydrogen-bond donors (Lipinski definition) is 1. The molecule has 3 amide bonds. The number of aliphatic hydroxyl groups is 1. The minimum atomic E-state index is -1.38. The van der Waals surface area contributed by atoms with Crippen molar-refractivity contribution >= 4 is 41.0 Å². The number of amides is 3. The fourth-order valence-electron chi connectivity index (χ4n) is 8.55. The van der Waals surface area contributed by atoms with E-state index in [4.69, 9.17) is 21.1 Å². The Morgan fingerprint density at radius 3 is 2.35 bits per heavy atom. The molecule has 10 nitrogen and oxygen atoms in total. The highest BCUT2D eigenvalue weighted by Crippen LogP contribution is 2.59. The first-order chi connectivity index (χ1) is 26.1. The van der Waals surface area contributed by atoms with Gasteiger partial charge in [-0.25, -0.2) is 0 Å². The van der Waals surface area contributed by atoms with Crippen LogP contribution in [-0.4, -0.2) is 88.6 Å². The molecule has 0 aliphatic carbocycles. The van der Waals surface area contributed by atoms with E-state index < -0.39 is 72.2 Å². The van der Waals surface area contributed by atoms with Crippen molar-refractivity contribution < 1.29 is 33.8 Å². The van der Waals surface area contributed by atoms with Gasteiger partial charge in [0, 0.05) is 20.0 Å². The highest BCUT2D eigenvalue weighted by atomic mass is 35.5. The number of hydrogen-bond acceptors (Lipinski definition) is 7. The van der Waals surface area contributed by atoms with Crippen LogP contribution in [0.2, 0.25) is 5.02 Å². The van der Waals surface area contributed by atoms with E-state index in [0.29, 0.717) is 35.5 Å². The summed E-state index contributed by atoms with van der Waals surface area (Å²) in [5, 5.41) is 11.2. The van der Waals surface area contributed by atoms with Crippen molar-refractivity contribution in [2.45, 2.75) is 75.0 Å². The maximum atomic E-state index is 15.1. The number of benzene rings is 3. The first-order valence-corrected chi connectivity index (χ1v) is 18.9. The van der Waals surface area contributed by atoms with Gasteiger partial charge in [0.15, 0.2) is 0 Å². The van der Waals surface area contributed by atoms with Crippen molar-refractivity contribution in [1.29, 1.82) is 0 Å². The van der Waals surface area contributed by atoms with Gasteiger partial charge in [0.1, 0.15) is 17.7 Å². The molecule has 8 atom stereocenters. The van der Waals surface area contributed by atoms with Crippen LogP contribution in [0.5, 0.6) is 0 Å². The molecule has 0 aromatic heterocycles. The molecule has 3 aromatic rings. The fourth-order valence-corrected chi connectivity index (χ4v) is 8.78. The van der Waals surface area contributed by atoms with Crippen molar-refractivity contribution in [1.82, 2.24) is 9.80 Å². The molecule has 3 heterocycles. The molecule has 11 heteroatoms. The molecule has 1 N–H and O–H groups in total. The Kier molecular flexibility index (Phi) is 12.1. The number of allylic oxidation sites excluding steroid dienone is 1. The quantitative estimate of drug-likeness (QED) is 0.142. The number of rotatable bonds is 16. The van der Waals surface area contributed by atoms with E-state index in [1.165, 1.54) is 9.80 Å². The Hall–Kier alpha value is -4.77. The van der Waals surface area contributed by atoms with Gasteiger partial charge in [-0.2, -0.15) is 0 Å². The summed E-state index contributed by atoms with van der Waals surface area (Å²) in [6.07, 6.45) is 3.52. The first kappa shape index (κ1) is 38.9. The van der Waals surface area contributed by atoms with Crippen LogP contribution in [0.3, 0.4) is 0 Å². The van der Waals surface area contributed by atoms with Crippen LogP contribution in [0.25, 0.3) is 0 Å². The second kappa shape index (κ2) is 16.7. The summed E-state index contributed by atoms with van der Waals surface area (Å²) >= 11 is 6.64. The minimum Gasteiger partial charge on any atom is -0.455 e. The third-order valence-electron chi connectivity index (χ3n) is 11.3. The number of esters is 1. The molecule has 0 saturated carbocycles. The molecular weight excluding hydrogens is 706 g/mol. The molecule has 3 fully saturated rings. The molecule has 0 radical (unpaired) electrons. The number of anilines is 1. The summed E-state index contributed by atoms with van der Waals surface area (Å²) in [5.74, 6) is -3.76. The third-order valence-corrected chi connectivity index (χ3v) is 11.6. The number of likely N-dealkylation sites (N-methyl/N-ethyl adjacent to an activating group) is 1. The van der Waals surface area contributed by atoms with Crippen LogP contribution in [0.1, 0.15) is 49.8 Å². The standard InChI is InChI=1S/C43H48ClN3O7/c1-5-7-22-35(49)45(4)28(3)38(30-18-12-9-13-19-30)53-42(52)36-34-23-24-43(54-34)37(36)40(50)47(31(27-48)26-29-16-10-8-11-17-29)39(43)41(51)46(25-6-2)33-21-15-14-20-32(33)44/h5-6,8-21,28,31,34,36-39,48H,1-2,7,22-27H2,3-4H3/t28-,31+,34-,36+,37+,38+,39-,43+/m0/s1. The van der Waals surface area contributed by atoms with Gasteiger partial charge in [-0.15, -0.1) is 13.2 Å². The molecule has 54 heavy (non-hydrogen) atoms. The lowest BCUT2D eigenvalue weighted by Gasteiger charge is -2.39. The van der Waals surface area contributed by atoms with E-state index in [-0.39, 0.29) is 25.3 Å². The lowest BCUT2D eigenvalue weighted by Crippen LogP contribution is -2.59. The molecule has 284 valence electrons. The first-order valence-electron chi connectivity index (χ1n) is 18.5. The number of fused-ring (bicyclic) bond motifs is 1. The van der Waals surface area contributed by atoms with Crippen LogP contribution in [-0.2, 0) is 35.1 Å². The van der Waals surface area contributed by atoms with E-state index in [1.807, 2.05) is 67.6 Å². The summed E-state index contributed by atoms with van der Waals surface area (Å²) < 4.78 is 13.1. The maximum absolute atomic E-state index is 15.1. The van der Waals surface area contributed by atoms with Gasteiger partial charge in [-0.3, -0.25) is 19.2 Å². The number of aliphatic hydroxyl groups excluding tert-OH is 1. The number of halogens is 1. The summed E-state index contributed by atoms with van der Waals surface area (Å²) in [6, 6.07) is 23.0. The van der Waals surface area contributed by atoms with Gasteiger partial charge >= 0.3 is 5.97 Å². The zero-order chi connectivity index (χ0) is 38.6. The van der Waals surface area contributed by atoms with Gasteiger partial charge in [0.2, 0.25) is 11.8 Å². The molecule has 2 bridgehead atoms. The average molecular weight is 754 g/mol. The van der Waals surface area contributed by atoms with E-state index in [0.717, 1.165) is 5.56 Å². The van der Waals surface area contributed by atoms with Crippen molar-refractivity contribution in [3.63, 3.8) is 0 Å². The molecule has 1 spiro atoms. The van der Waals surface area contributed by atoms with E-state index in [2.05, 4.69) is 13.2 Å². The highest BCUT2D eigenvalue weighted by molar-refractivity contribution is 6.34. The second-order valence-electron chi connectivity index (χ2n) is 14.4. The zero-order valence-corrected chi connectivity index (χ0v) is 31.5. The monoisotopic (exact) mass is 753 g/mol. The van der Waals surface area contributed by atoms with Crippen LogP contribution < -0.4 is 4.90 Å². The lowest BCUT2D eigenvalue weighted by molar-refractivity contribution is -0.165. The topological polar surface area (TPSA) is 117 Å². The Morgan fingerprint density at radius 2 is 1.70 bits per heavy atom. The summed E-state index contributed by atoms with van der Waals surface area (Å²) in [5.41, 5.74) is 0.621. The zero-order valence-electron chi connectivity index (χ0n) is 30.8. The molecule has 3 saturated heterocycles. The lowest BCUT2D eigenvalue weighted by atomic mass is 9.70. The van der Waals surface area contributed by atoms with Gasteiger partial charge in [-0.1, -0.05) is 96.5 Å². The summed E-state index contributed by atoms with van der Waals surface area (Å²) in [4.78, 5) is 62.3. The van der Waals surface area contributed by atoms with E-state index in [1.54, 1.807) is 48.4 Å². The van der Waals surface area contributed by atoms with Gasteiger partial charge in [0.05, 0.1) is 47.3 Å². The predicted molar refractivity (Wildman–Crippen MR) is 206 cm³/mol. The van der Waals surface area contributed by atoms with E-state index >= 15 is 9.59 Å². The normalized spacial score (nSPS) is 24.3. The minimum absolute atomic E-state index is 0.0922. The molecule has 0 unspecified atom stereocenters. The Bertz CT molecular complexity index is 1860. The van der Waals surface area contributed by atoms with Gasteiger partial charge < -0.3 is 29.3 Å². The number of nitrogens with zero attached hydrogens (tertiary/aromatic N) is 3. The second-order valence-corrected chi connectivity index (χ2v) is 14.8. The Morgan fingerprint density at radius 1 is 1.04 bits per heavy atom. The highest BCUT2D eigenvalue weighted by Gasteiger charge is 2.76. The van der Waals surface area contributed by atoms with Crippen molar-refractivity contribution in [2.75, 3.05) is 25.1 Å². The van der Waals surface area contributed by atoms with Crippen LogP contribution in [0.15, 0.2) is 110 Å². The van der Waals surface area contributed by atoms with Gasteiger partial charge in [-0.05, 0) is 55.9 Å². The molecule has 6 rings (SSSR count). The number of para-hydroxylation sites is 1. The number of ether oxygens (including phenoxy) is 2. The smallest absolute Gasteiger partial charge is 0.313 e. The Labute approximate surface area is 322 Å². The summed E-state index contributed by atoms with van der Waals surface area (Å²) in [7, 11) is 1.68. The maximum Gasteiger partial charge on any atom is 0.313 e. The van der Waals surface area contributed by atoms with Crippen molar-refractivity contribution in [3.8, 4) is 0 Å². The molecule has 3 aliphatic heterocycles. The van der Waals surface area contributed by atoms with E-state index in [9.17, 15) is 14.7 Å². The number of carbonyl (C=O) groups is 4. The fraction of sp³-hybridized carbons (Fsp3) is 0.395. The van der Waals surface area contributed by atoms with Crippen molar-refractivity contribution in [3.05, 3.63) is 126 Å². The molecule has 3 aromatic carbocycles. The molecule has 3 aliphatic rings. The van der Waals surface area contributed by atoms with Gasteiger partial charge in [0.25, 0.3) is 5.91 Å². The van der Waals surface area contributed by atoms with Crippen LogP contribution in [0.4, 0.5) is 5.69 Å². The van der Waals surface area contributed by atoms with Crippen LogP contribution in [0, 0.1) is 11.8 Å². The third kappa shape index (κ3) is 7.22. The summed E-state index contributed by atoms with van der Waals surface area (Å²) in [6.45, 7) is 9.08. The molecular formula is C43H48ClN3O7. The Balaban J connectivity index is 1.39. The van der Waals surface area contributed by atoms with Crippen molar-refractivity contribution in [2.24, 2.45) is 11.8 Å². The largest absolute Gasteiger partial charge is 0.455 e. The number of likely N-dealkylation sites (tertiary alicyclic amines) is 1. The van der Waals surface area contributed by atoms with Crippen LogP contribution >= 0.6 is 11.6 Å². The number of carbonyl (C=O) groups excluding carboxylic acids is 4.